The van der Waals surface area contributed by atoms with E-state index in [-0.39, 0.29) is 25.9 Å². The third-order valence-corrected chi connectivity index (χ3v) is 12.1. The summed E-state index contributed by atoms with van der Waals surface area (Å²) in [4.78, 5) is 50.9. The largest absolute Gasteiger partial charge is 0.479 e. The monoisotopic (exact) mass is 1020 g/mol. The average molecular weight is 1020 g/mol. The van der Waals surface area contributed by atoms with E-state index in [4.69, 9.17) is 23.7 Å². The molecule has 0 bridgehead atoms. The lowest BCUT2D eigenvalue weighted by atomic mass is 9.98. The number of unbranched alkanes of at least 4 members (excludes halogenated alkanes) is 16. The lowest BCUT2D eigenvalue weighted by Gasteiger charge is -2.40. The van der Waals surface area contributed by atoms with Crippen molar-refractivity contribution in [3.8, 4) is 0 Å². The Kier molecular flexibility index (Phi) is 44.4. The van der Waals surface area contributed by atoms with Crippen molar-refractivity contribution in [2.45, 2.75) is 250 Å². The van der Waals surface area contributed by atoms with Crippen LogP contribution in [0, 0.1) is 0 Å². The van der Waals surface area contributed by atoms with Gasteiger partial charge in [0.2, 0.25) is 0 Å². The summed E-state index contributed by atoms with van der Waals surface area (Å²) in [6, 6.07) is 0. The molecule has 0 amide bonds. The normalized spacial score (nSPS) is 19.1. The fraction of sp³-hybridized carbons (Fsp3) is 0.672. The summed E-state index contributed by atoms with van der Waals surface area (Å²) in [5.41, 5.74) is 0. The van der Waals surface area contributed by atoms with Crippen LogP contribution in [0.4, 0.5) is 0 Å². The summed E-state index contributed by atoms with van der Waals surface area (Å²) in [6.45, 7) is 5.73. The van der Waals surface area contributed by atoms with Crippen LogP contribution in [0.2, 0.25) is 0 Å². The summed E-state index contributed by atoms with van der Waals surface area (Å²) in [7, 11) is 0. The number of aliphatic hydroxyl groups excluding tert-OH is 2. The van der Waals surface area contributed by atoms with Crippen LogP contribution in [0.15, 0.2) is 97.2 Å². The van der Waals surface area contributed by atoms with Crippen LogP contribution in [-0.4, -0.2) is 89.2 Å². The average Bonchev–Trinajstić information content (AvgIpc) is 3.37. The highest BCUT2D eigenvalue weighted by atomic mass is 16.7. The molecule has 12 nitrogen and oxygen atoms in total. The third kappa shape index (κ3) is 38.8. The van der Waals surface area contributed by atoms with Crippen molar-refractivity contribution < 1.29 is 58.2 Å². The molecule has 73 heavy (non-hydrogen) atoms. The third-order valence-electron chi connectivity index (χ3n) is 12.1. The standard InChI is InChI=1S/C61H98O12/c1-4-7-10-13-16-19-22-24-25-26-27-28-29-31-33-35-38-41-44-47-53(62)69-50-52(71-54(63)48-45-42-39-36-32-21-18-15-12-9-6-3)51-70-61-59(57(66)56(65)58(73-61)60(67)68)72-55(64)49-46-43-40-37-34-30-23-20-17-14-11-8-5-2/h8,11,15-20,24-25,27-28,30,34,40,43,52,56-59,61,65-66H,4-7,9-10,12-14,21-23,26,29,31-33,35-39,41-42,44-51H2,1-3H3,(H,67,68)/b11-8-,18-15-,19-16-,20-17-,25-24-,28-27-,34-30-,43-40-. The van der Waals surface area contributed by atoms with Crippen LogP contribution in [0.5, 0.6) is 0 Å². The van der Waals surface area contributed by atoms with Crippen molar-refractivity contribution in [2.75, 3.05) is 13.2 Å². The molecule has 0 spiro atoms. The van der Waals surface area contributed by atoms with Crippen LogP contribution >= 0.6 is 0 Å². The van der Waals surface area contributed by atoms with Crippen LogP contribution in [0.3, 0.4) is 0 Å². The zero-order chi connectivity index (χ0) is 53.3. The van der Waals surface area contributed by atoms with Crippen molar-refractivity contribution in [1.82, 2.24) is 0 Å². The van der Waals surface area contributed by atoms with Gasteiger partial charge in [-0.3, -0.25) is 14.4 Å². The zero-order valence-corrected chi connectivity index (χ0v) is 45.3. The molecule has 0 radical (unpaired) electrons. The molecule has 0 saturated carbocycles. The second-order valence-electron chi connectivity index (χ2n) is 18.8. The van der Waals surface area contributed by atoms with Crippen molar-refractivity contribution in [3.63, 3.8) is 0 Å². The Bertz CT molecular complexity index is 1640. The molecule has 3 N–H and O–H groups in total. The molecule has 0 aromatic rings. The van der Waals surface area contributed by atoms with Gasteiger partial charge < -0.3 is 39.0 Å². The zero-order valence-electron chi connectivity index (χ0n) is 45.3. The second kappa shape index (κ2) is 48.6. The maximum Gasteiger partial charge on any atom is 0.335 e. The first kappa shape index (κ1) is 66.7. The summed E-state index contributed by atoms with van der Waals surface area (Å²) in [6.07, 6.45) is 51.2. The van der Waals surface area contributed by atoms with Crippen molar-refractivity contribution in [1.29, 1.82) is 0 Å². The number of hydrogen-bond donors (Lipinski definition) is 3. The number of aliphatic hydroxyl groups is 2. The van der Waals surface area contributed by atoms with Crippen molar-refractivity contribution in [2.24, 2.45) is 0 Å². The molecule has 6 atom stereocenters. The van der Waals surface area contributed by atoms with E-state index in [1.54, 1.807) is 0 Å². The fourth-order valence-electron chi connectivity index (χ4n) is 7.78. The summed E-state index contributed by atoms with van der Waals surface area (Å²) in [5, 5.41) is 31.4. The number of aliphatic carboxylic acids is 1. The molecule has 0 aliphatic carbocycles. The Morgan fingerprint density at radius 2 is 0.904 bits per heavy atom. The van der Waals surface area contributed by atoms with Gasteiger partial charge in [0.05, 0.1) is 6.61 Å². The number of allylic oxidation sites excluding steroid dienone is 16. The molecular weight excluding hydrogens is 925 g/mol. The van der Waals surface area contributed by atoms with Crippen LogP contribution in [-0.2, 0) is 42.9 Å². The maximum atomic E-state index is 13.1. The Hall–Kier alpha value is -4.36. The van der Waals surface area contributed by atoms with E-state index in [1.165, 1.54) is 38.5 Å². The predicted molar refractivity (Wildman–Crippen MR) is 294 cm³/mol. The smallest absolute Gasteiger partial charge is 0.335 e. The van der Waals surface area contributed by atoms with Gasteiger partial charge in [0.25, 0.3) is 0 Å². The Morgan fingerprint density at radius 3 is 1.42 bits per heavy atom. The highest BCUT2D eigenvalue weighted by Gasteiger charge is 2.50. The van der Waals surface area contributed by atoms with Gasteiger partial charge in [-0.2, -0.15) is 0 Å². The molecule has 1 aliphatic heterocycles. The Morgan fingerprint density at radius 1 is 0.466 bits per heavy atom. The van der Waals surface area contributed by atoms with Crippen LogP contribution < -0.4 is 0 Å². The molecule has 1 heterocycles. The number of esters is 3. The number of carboxylic acid groups (broad SMARTS) is 1. The number of carbonyl (C=O) groups excluding carboxylic acids is 3. The molecule has 1 fully saturated rings. The highest BCUT2D eigenvalue weighted by Crippen LogP contribution is 2.26. The number of hydrogen-bond acceptors (Lipinski definition) is 11. The van der Waals surface area contributed by atoms with E-state index in [1.807, 2.05) is 18.2 Å². The van der Waals surface area contributed by atoms with Gasteiger partial charge in [0.15, 0.2) is 24.6 Å². The van der Waals surface area contributed by atoms with Crippen molar-refractivity contribution in [3.05, 3.63) is 97.2 Å². The Labute approximate surface area is 441 Å². The lowest BCUT2D eigenvalue weighted by Crippen LogP contribution is -2.61. The van der Waals surface area contributed by atoms with Gasteiger partial charge in [-0.1, -0.05) is 189 Å². The molecule has 1 saturated heterocycles. The summed E-state index contributed by atoms with van der Waals surface area (Å²) >= 11 is 0. The first-order chi connectivity index (χ1) is 35.6. The van der Waals surface area contributed by atoms with Crippen molar-refractivity contribution >= 4 is 23.9 Å². The topological polar surface area (TPSA) is 175 Å². The molecule has 414 valence electrons. The number of ether oxygens (including phenoxy) is 5. The SMILES string of the molecule is CC/C=C\C/C=C\C/C=C\C/C=C\CCC(=O)OC1C(OCC(COC(=O)CCCCCCCC/C=C\C/C=C\C/C=C\CCCCC)OC(=O)CCCCCCC/C=C\CCCC)OC(C(=O)O)C(O)C1O. The molecule has 12 heteroatoms. The first-order valence-electron chi connectivity index (χ1n) is 28.2. The fourth-order valence-corrected chi connectivity index (χ4v) is 7.78. The van der Waals surface area contributed by atoms with Gasteiger partial charge in [-0.05, 0) is 103 Å². The minimum Gasteiger partial charge on any atom is -0.479 e. The molecule has 1 rings (SSSR count). The van der Waals surface area contributed by atoms with Gasteiger partial charge in [0, 0.05) is 19.3 Å². The molecule has 1 aliphatic rings. The maximum absolute atomic E-state index is 13.1. The molecular formula is C61H98O12. The van der Waals surface area contributed by atoms with Crippen LogP contribution in [0.1, 0.15) is 213 Å². The lowest BCUT2D eigenvalue weighted by molar-refractivity contribution is -0.301. The number of carbonyl (C=O) groups is 4. The number of rotatable bonds is 46. The Balaban J connectivity index is 2.73. The quantitative estimate of drug-likeness (QED) is 0.0228. The predicted octanol–water partition coefficient (Wildman–Crippen LogP) is 14.1. The minimum absolute atomic E-state index is 0.0667. The van der Waals surface area contributed by atoms with Gasteiger partial charge in [-0.25, -0.2) is 4.79 Å². The first-order valence-corrected chi connectivity index (χ1v) is 28.2. The van der Waals surface area contributed by atoms with E-state index in [0.29, 0.717) is 25.7 Å². The number of carboxylic acids is 1. The molecule has 0 aromatic carbocycles. The minimum atomic E-state index is -1.93. The van der Waals surface area contributed by atoms with Gasteiger partial charge >= 0.3 is 23.9 Å². The summed E-state index contributed by atoms with van der Waals surface area (Å²) in [5.74, 6) is -3.27. The van der Waals surface area contributed by atoms with E-state index in [9.17, 15) is 34.5 Å². The van der Waals surface area contributed by atoms with Gasteiger partial charge in [-0.15, -0.1) is 0 Å². The van der Waals surface area contributed by atoms with E-state index < -0.39 is 67.3 Å². The molecule has 0 aromatic heterocycles. The second-order valence-corrected chi connectivity index (χ2v) is 18.8. The van der Waals surface area contributed by atoms with E-state index in [2.05, 4.69) is 99.8 Å². The van der Waals surface area contributed by atoms with Gasteiger partial charge in [0.1, 0.15) is 18.8 Å². The van der Waals surface area contributed by atoms with E-state index >= 15 is 0 Å². The molecule has 6 unspecified atom stereocenters. The van der Waals surface area contributed by atoms with Crippen LogP contribution in [0.25, 0.3) is 0 Å². The summed E-state index contributed by atoms with van der Waals surface area (Å²) < 4.78 is 28.2. The van der Waals surface area contributed by atoms with E-state index in [0.717, 1.165) is 109 Å². The highest BCUT2D eigenvalue weighted by molar-refractivity contribution is 5.74.